The van der Waals surface area contributed by atoms with Crippen molar-refractivity contribution in [2.75, 3.05) is 0 Å². The van der Waals surface area contributed by atoms with Crippen molar-refractivity contribution in [2.24, 2.45) is 5.73 Å². The molecule has 0 aliphatic heterocycles. The van der Waals surface area contributed by atoms with Gasteiger partial charge in [-0.15, -0.1) is 0 Å². The van der Waals surface area contributed by atoms with Crippen molar-refractivity contribution >= 4 is 5.84 Å². The van der Waals surface area contributed by atoms with Crippen LogP contribution in [0.15, 0.2) is 0 Å². The van der Waals surface area contributed by atoms with Gasteiger partial charge < -0.3 is 5.21 Å². The monoisotopic (exact) mass is 103 g/mol. The summed E-state index contributed by atoms with van der Waals surface area (Å²) >= 11 is 0. The van der Waals surface area contributed by atoms with E-state index < -0.39 is 0 Å². The van der Waals surface area contributed by atoms with Crippen LogP contribution in [0.1, 0.15) is 19.8 Å². The van der Waals surface area contributed by atoms with Crippen molar-refractivity contribution in [1.29, 1.82) is 0 Å². The molecule has 0 radical (unpaired) electrons. The largest absolute Gasteiger partial charge is 0.357 e. The predicted molar refractivity (Wildman–Crippen MR) is 26.9 cm³/mol. The van der Waals surface area contributed by atoms with Crippen LogP contribution < -0.4 is 10.9 Å². The molecule has 0 heterocycles. The summed E-state index contributed by atoms with van der Waals surface area (Å²) in [4.78, 5) is 0. The third kappa shape index (κ3) is 3.09. The molecule has 0 aliphatic rings. The van der Waals surface area contributed by atoms with Crippen molar-refractivity contribution < 1.29 is 10.4 Å². The van der Waals surface area contributed by atoms with Crippen LogP contribution in [0.25, 0.3) is 0 Å². The number of rotatable bonds is 2. The fourth-order valence-corrected chi connectivity index (χ4v) is 0.325. The number of amidine groups is 1. The van der Waals surface area contributed by atoms with Gasteiger partial charge in [0, 0.05) is 0 Å². The molecule has 0 aliphatic carbocycles. The number of nitrogens with one attached hydrogen (secondary N) is 1. The van der Waals surface area contributed by atoms with Crippen LogP contribution in [0.5, 0.6) is 0 Å². The van der Waals surface area contributed by atoms with E-state index in [2.05, 4.69) is 0 Å². The quantitative estimate of drug-likeness (QED) is 0.174. The Morgan fingerprint density at radius 3 is 2.57 bits per heavy atom. The summed E-state index contributed by atoms with van der Waals surface area (Å²) in [6.45, 7) is 1.99. The number of nitrogens with two attached hydrogens (primary N) is 1. The predicted octanol–water partition coefficient (Wildman–Crippen LogP) is -1.39. The Hall–Kier alpha value is -0.730. The highest BCUT2D eigenvalue weighted by Gasteiger charge is 1.91. The molecule has 0 aromatic carbocycles. The Morgan fingerprint density at radius 1 is 1.86 bits per heavy atom. The lowest BCUT2D eigenvalue weighted by Crippen LogP contribution is -2.71. The minimum atomic E-state index is 0.433. The second kappa shape index (κ2) is 3.46. The van der Waals surface area contributed by atoms with Crippen molar-refractivity contribution in [3.05, 3.63) is 0 Å². The van der Waals surface area contributed by atoms with Crippen LogP contribution in [0.3, 0.4) is 0 Å². The molecule has 0 bridgehead atoms. The van der Waals surface area contributed by atoms with Gasteiger partial charge in [0.15, 0.2) is 0 Å². The van der Waals surface area contributed by atoms with Crippen LogP contribution in [0.2, 0.25) is 0 Å². The summed E-state index contributed by atoms with van der Waals surface area (Å²) in [6, 6.07) is 0. The molecule has 0 atom stereocenters. The molecule has 42 valence electrons. The average molecular weight is 103 g/mol. The number of hydrogen-bond acceptors (Lipinski definition) is 1. The molecule has 0 rings (SSSR count). The van der Waals surface area contributed by atoms with E-state index in [1.165, 1.54) is 0 Å². The smallest absolute Gasteiger partial charge is 0.279 e. The maximum Gasteiger partial charge on any atom is 0.279 e. The Kier molecular flexibility index (Phi) is 3.10. The van der Waals surface area contributed by atoms with Crippen molar-refractivity contribution in [3.8, 4) is 0 Å². The molecule has 0 unspecified atom stereocenters. The zero-order chi connectivity index (χ0) is 5.70. The maximum atomic E-state index is 8.05. The van der Waals surface area contributed by atoms with Gasteiger partial charge >= 0.3 is 0 Å². The lowest BCUT2D eigenvalue weighted by Gasteiger charge is -1.82. The van der Waals surface area contributed by atoms with E-state index in [-0.39, 0.29) is 0 Å². The van der Waals surface area contributed by atoms with Gasteiger partial charge in [-0.3, -0.25) is 5.73 Å². The maximum absolute atomic E-state index is 8.05. The second-order valence-electron chi connectivity index (χ2n) is 1.39. The second-order valence-corrected chi connectivity index (χ2v) is 1.39. The van der Waals surface area contributed by atoms with Gasteiger partial charge in [0.05, 0.1) is 6.42 Å². The Labute approximate surface area is 42.8 Å². The Morgan fingerprint density at radius 2 is 2.43 bits per heavy atom. The van der Waals surface area contributed by atoms with Crippen LogP contribution in [-0.4, -0.2) is 11.0 Å². The van der Waals surface area contributed by atoms with E-state index in [0.29, 0.717) is 5.84 Å². The highest BCUT2D eigenvalue weighted by Crippen LogP contribution is 1.78. The van der Waals surface area contributed by atoms with Gasteiger partial charge in [-0.2, -0.15) is 0 Å². The van der Waals surface area contributed by atoms with Gasteiger partial charge in [0.25, 0.3) is 5.84 Å². The van der Waals surface area contributed by atoms with Crippen LogP contribution >= 0.6 is 0 Å². The molecule has 3 heteroatoms. The highest BCUT2D eigenvalue weighted by molar-refractivity contribution is 5.73. The van der Waals surface area contributed by atoms with Gasteiger partial charge in [-0.05, 0) is 6.42 Å². The van der Waals surface area contributed by atoms with Gasteiger partial charge in [-0.1, -0.05) is 12.1 Å². The summed E-state index contributed by atoms with van der Waals surface area (Å²) < 4.78 is 0. The third-order valence-electron chi connectivity index (χ3n) is 0.663. The standard InChI is InChI=1S/C4H10N2O/c1-2-3-4(5)6-7/h7H,2-3H2,1H3,(H2,5,6)/p+1. The molecule has 0 amide bonds. The average Bonchev–Trinajstić information content (AvgIpc) is 1.68. The first-order valence-electron chi connectivity index (χ1n) is 2.32. The Bertz CT molecular complexity index is 70.1. The van der Waals surface area contributed by atoms with E-state index in [1.54, 1.807) is 0 Å². The Balaban J connectivity index is 3.17. The summed E-state index contributed by atoms with van der Waals surface area (Å²) in [5.41, 5.74) is 5.14. The van der Waals surface area contributed by atoms with Crippen molar-refractivity contribution in [3.63, 3.8) is 0 Å². The van der Waals surface area contributed by atoms with E-state index in [0.717, 1.165) is 12.8 Å². The van der Waals surface area contributed by atoms with Crippen LogP contribution in [0.4, 0.5) is 0 Å². The summed E-state index contributed by atoms with van der Waals surface area (Å²) in [5.74, 6) is 0.433. The van der Waals surface area contributed by atoms with Crippen LogP contribution in [0, 0.1) is 0 Å². The van der Waals surface area contributed by atoms with E-state index >= 15 is 0 Å². The minimum absolute atomic E-state index is 0.433. The van der Waals surface area contributed by atoms with Gasteiger partial charge in [0.1, 0.15) is 0 Å². The summed E-state index contributed by atoms with van der Waals surface area (Å²) in [7, 11) is 0. The van der Waals surface area contributed by atoms with Crippen molar-refractivity contribution in [1.82, 2.24) is 0 Å². The zero-order valence-corrected chi connectivity index (χ0v) is 4.44. The molecule has 4 N–H and O–H groups in total. The zero-order valence-electron chi connectivity index (χ0n) is 4.44. The minimum Gasteiger partial charge on any atom is -0.357 e. The highest BCUT2D eigenvalue weighted by atomic mass is 16.4. The van der Waals surface area contributed by atoms with E-state index in [9.17, 15) is 0 Å². The first-order valence-corrected chi connectivity index (χ1v) is 2.32. The van der Waals surface area contributed by atoms with Gasteiger partial charge in [-0.25, -0.2) is 0 Å². The van der Waals surface area contributed by atoms with Gasteiger partial charge in [0.2, 0.25) is 0 Å². The fourth-order valence-electron chi connectivity index (χ4n) is 0.325. The summed E-state index contributed by atoms with van der Waals surface area (Å²) in [5, 5.41) is 9.91. The summed E-state index contributed by atoms with van der Waals surface area (Å²) in [6.07, 6.45) is 1.69. The lowest BCUT2D eigenvalue weighted by atomic mass is 10.3. The third-order valence-corrected chi connectivity index (χ3v) is 0.663. The molecule has 0 spiro atoms. The molecule has 0 aromatic rings. The molecule has 0 saturated heterocycles. The van der Waals surface area contributed by atoms with E-state index in [4.69, 9.17) is 10.9 Å². The molecule has 0 saturated carbocycles. The fraction of sp³-hybridized carbons (Fsp3) is 0.750. The number of hydrogen-bond donors (Lipinski definition) is 3. The molecule has 3 nitrogen and oxygen atoms in total. The van der Waals surface area contributed by atoms with Crippen LogP contribution in [-0.2, 0) is 0 Å². The van der Waals surface area contributed by atoms with E-state index in [1.807, 2.05) is 12.1 Å². The molecular weight excluding hydrogens is 92.1 g/mol. The normalized spacial score (nSPS) is 11.9. The molecule has 0 fully saturated rings. The topological polar surface area (TPSA) is 60.2 Å². The first-order chi connectivity index (χ1) is 3.31. The molecular formula is C4H11N2O+. The van der Waals surface area contributed by atoms with Crippen molar-refractivity contribution in [2.45, 2.75) is 19.8 Å². The lowest BCUT2D eigenvalue weighted by molar-refractivity contribution is -0.739. The SMILES string of the molecule is CCCC(N)=[NH+]O. The molecule has 0 aromatic heterocycles. The first kappa shape index (κ1) is 6.27. The molecule has 7 heavy (non-hydrogen) atoms.